The highest BCUT2D eigenvalue weighted by atomic mass is 19.2. The van der Waals surface area contributed by atoms with Crippen molar-refractivity contribution < 1.29 is 18.8 Å². The Kier molecular flexibility index (Phi) is 4.80. The van der Waals surface area contributed by atoms with Gasteiger partial charge in [-0.3, -0.25) is 4.79 Å². The molecular weight excluding hydrogens is 256 g/mol. The van der Waals surface area contributed by atoms with E-state index < -0.39 is 23.5 Å². The molecule has 0 aromatic heterocycles. The van der Waals surface area contributed by atoms with Crippen LogP contribution in [-0.4, -0.2) is 35.4 Å². The van der Waals surface area contributed by atoms with Gasteiger partial charge in [0, 0.05) is 19.5 Å². The van der Waals surface area contributed by atoms with E-state index in [1.165, 1.54) is 24.1 Å². The molecule has 1 amide bonds. The summed E-state index contributed by atoms with van der Waals surface area (Å²) in [6.45, 7) is 1.76. The van der Waals surface area contributed by atoms with Crippen LogP contribution < -0.4 is 5.73 Å². The molecule has 0 saturated heterocycles. The van der Waals surface area contributed by atoms with Gasteiger partial charge >= 0.3 is 0 Å². The SMILES string of the molecule is CC(CN(C)C(=O)c1cccc(F)c1F)C(N)=NO. The maximum absolute atomic E-state index is 13.5. The molecule has 3 N–H and O–H groups in total. The first kappa shape index (κ1) is 14.9. The maximum Gasteiger partial charge on any atom is 0.256 e. The largest absolute Gasteiger partial charge is 0.409 e. The first-order valence-electron chi connectivity index (χ1n) is 5.55. The zero-order valence-electron chi connectivity index (χ0n) is 10.6. The molecular formula is C12H15F2N3O2. The summed E-state index contributed by atoms with van der Waals surface area (Å²) in [7, 11) is 1.42. The van der Waals surface area contributed by atoms with Crippen LogP contribution in [0, 0.1) is 17.6 Å². The summed E-state index contributed by atoms with van der Waals surface area (Å²) in [6, 6.07) is 3.39. The number of carbonyl (C=O) groups is 1. The molecule has 1 rings (SSSR count). The molecule has 0 spiro atoms. The molecule has 1 unspecified atom stereocenters. The molecule has 0 saturated carbocycles. The fourth-order valence-electron chi connectivity index (χ4n) is 1.56. The third-order valence-electron chi connectivity index (χ3n) is 2.70. The van der Waals surface area contributed by atoms with Crippen molar-refractivity contribution in [1.29, 1.82) is 0 Å². The summed E-state index contributed by atoms with van der Waals surface area (Å²) in [5.74, 6) is -3.39. The molecule has 1 atom stereocenters. The van der Waals surface area contributed by atoms with Gasteiger partial charge in [0.25, 0.3) is 5.91 Å². The molecule has 0 heterocycles. The summed E-state index contributed by atoms with van der Waals surface area (Å²) in [6.07, 6.45) is 0. The van der Waals surface area contributed by atoms with Crippen molar-refractivity contribution in [3.8, 4) is 0 Å². The minimum Gasteiger partial charge on any atom is -0.409 e. The Morgan fingerprint density at radius 2 is 2.16 bits per heavy atom. The van der Waals surface area contributed by atoms with Crippen molar-refractivity contribution >= 4 is 11.7 Å². The smallest absolute Gasteiger partial charge is 0.256 e. The Morgan fingerprint density at radius 3 is 2.74 bits per heavy atom. The maximum atomic E-state index is 13.5. The van der Waals surface area contributed by atoms with Gasteiger partial charge in [0.05, 0.1) is 5.56 Å². The van der Waals surface area contributed by atoms with E-state index in [1.807, 2.05) is 0 Å². The highest BCUT2D eigenvalue weighted by Gasteiger charge is 2.21. The molecule has 0 radical (unpaired) electrons. The monoisotopic (exact) mass is 271 g/mol. The number of amides is 1. The number of nitrogens with two attached hydrogens (primary N) is 1. The molecule has 1 aromatic rings. The molecule has 0 aliphatic rings. The summed E-state index contributed by atoms with van der Waals surface area (Å²) in [4.78, 5) is 13.1. The van der Waals surface area contributed by atoms with E-state index in [4.69, 9.17) is 10.9 Å². The van der Waals surface area contributed by atoms with Crippen molar-refractivity contribution in [3.63, 3.8) is 0 Å². The van der Waals surface area contributed by atoms with Gasteiger partial charge in [-0.15, -0.1) is 0 Å². The van der Waals surface area contributed by atoms with E-state index in [2.05, 4.69) is 5.16 Å². The molecule has 0 fully saturated rings. The molecule has 19 heavy (non-hydrogen) atoms. The number of oxime groups is 1. The number of carbonyl (C=O) groups excluding carboxylic acids is 1. The number of amidine groups is 1. The van der Waals surface area contributed by atoms with Crippen LogP contribution in [0.3, 0.4) is 0 Å². The number of hydrogen-bond donors (Lipinski definition) is 2. The van der Waals surface area contributed by atoms with Gasteiger partial charge in [-0.25, -0.2) is 8.78 Å². The van der Waals surface area contributed by atoms with Crippen LogP contribution in [0.4, 0.5) is 8.78 Å². The van der Waals surface area contributed by atoms with Crippen molar-refractivity contribution in [3.05, 3.63) is 35.4 Å². The van der Waals surface area contributed by atoms with E-state index in [0.717, 1.165) is 6.07 Å². The average molecular weight is 271 g/mol. The van der Waals surface area contributed by atoms with Crippen LogP contribution in [0.5, 0.6) is 0 Å². The predicted molar refractivity (Wildman–Crippen MR) is 65.9 cm³/mol. The van der Waals surface area contributed by atoms with Crippen molar-refractivity contribution in [2.24, 2.45) is 16.8 Å². The minimum atomic E-state index is -1.18. The molecule has 104 valence electrons. The molecule has 1 aromatic carbocycles. The fourth-order valence-corrected chi connectivity index (χ4v) is 1.56. The lowest BCUT2D eigenvalue weighted by atomic mass is 10.1. The zero-order chi connectivity index (χ0) is 14.6. The number of benzene rings is 1. The average Bonchev–Trinajstić information content (AvgIpc) is 2.39. The van der Waals surface area contributed by atoms with Gasteiger partial charge in [0.15, 0.2) is 11.6 Å². The van der Waals surface area contributed by atoms with Gasteiger partial charge in [0.2, 0.25) is 0 Å². The Bertz CT molecular complexity index is 506. The summed E-state index contributed by atoms with van der Waals surface area (Å²) in [5, 5.41) is 11.3. The van der Waals surface area contributed by atoms with Crippen molar-refractivity contribution in [2.45, 2.75) is 6.92 Å². The van der Waals surface area contributed by atoms with Crippen LogP contribution >= 0.6 is 0 Å². The number of rotatable bonds is 4. The van der Waals surface area contributed by atoms with E-state index >= 15 is 0 Å². The molecule has 0 aliphatic carbocycles. The predicted octanol–water partition coefficient (Wildman–Crippen LogP) is 1.42. The number of hydrogen-bond acceptors (Lipinski definition) is 3. The summed E-state index contributed by atoms with van der Waals surface area (Å²) >= 11 is 0. The lowest BCUT2D eigenvalue weighted by Crippen LogP contribution is -2.36. The Labute approximate surface area is 109 Å². The van der Waals surface area contributed by atoms with E-state index in [1.54, 1.807) is 6.92 Å². The first-order valence-corrected chi connectivity index (χ1v) is 5.55. The molecule has 5 nitrogen and oxygen atoms in total. The van der Waals surface area contributed by atoms with Gasteiger partial charge in [0.1, 0.15) is 5.84 Å². The second-order valence-corrected chi connectivity index (χ2v) is 4.21. The Hall–Kier alpha value is -2.18. The van der Waals surface area contributed by atoms with Gasteiger partial charge in [-0.05, 0) is 12.1 Å². The number of nitrogens with zero attached hydrogens (tertiary/aromatic N) is 2. The Morgan fingerprint density at radius 1 is 1.53 bits per heavy atom. The second-order valence-electron chi connectivity index (χ2n) is 4.21. The molecule has 0 bridgehead atoms. The summed E-state index contributed by atoms with van der Waals surface area (Å²) in [5.41, 5.74) is 5.03. The van der Waals surface area contributed by atoms with Crippen molar-refractivity contribution in [1.82, 2.24) is 4.90 Å². The lowest BCUT2D eigenvalue weighted by molar-refractivity contribution is 0.0780. The van der Waals surface area contributed by atoms with Gasteiger partial charge in [-0.2, -0.15) is 0 Å². The third kappa shape index (κ3) is 3.40. The van der Waals surface area contributed by atoms with Gasteiger partial charge < -0.3 is 15.8 Å². The van der Waals surface area contributed by atoms with Crippen LogP contribution in [0.25, 0.3) is 0 Å². The van der Waals surface area contributed by atoms with E-state index in [9.17, 15) is 13.6 Å². The van der Waals surface area contributed by atoms with Crippen LogP contribution in [0.1, 0.15) is 17.3 Å². The van der Waals surface area contributed by atoms with Crippen LogP contribution in [0.2, 0.25) is 0 Å². The minimum absolute atomic E-state index is 0.0423. The van der Waals surface area contributed by atoms with E-state index in [0.29, 0.717) is 0 Å². The third-order valence-corrected chi connectivity index (χ3v) is 2.70. The topological polar surface area (TPSA) is 78.9 Å². The normalized spacial score (nSPS) is 13.2. The molecule has 7 heteroatoms. The van der Waals surface area contributed by atoms with E-state index in [-0.39, 0.29) is 17.9 Å². The fraction of sp³-hybridized carbons (Fsp3) is 0.333. The first-order chi connectivity index (χ1) is 8.88. The highest BCUT2D eigenvalue weighted by Crippen LogP contribution is 2.14. The van der Waals surface area contributed by atoms with Crippen LogP contribution in [0.15, 0.2) is 23.4 Å². The molecule has 0 aliphatic heterocycles. The van der Waals surface area contributed by atoms with Crippen LogP contribution in [-0.2, 0) is 0 Å². The van der Waals surface area contributed by atoms with Crippen molar-refractivity contribution in [2.75, 3.05) is 13.6 Å². The van der Waals surface area contributed by atoms with Gasteiger partial charge in [-0.1, -0.05) is 18.1 Å². The quantitative estimate of drug-likeness (QED) is 0.376. The zero-order valence-corrected chi connectivity index (χ0v) is 10.6. The Balaban J connectivity index is 2.86. The standard InChI is InChI=1S/C12H15F2N3O2/c1-7(11(15)16-19)6-17(2)12(18)8-4-3-5-9(13)10(8)14/h3-5,7,19H,6H2,1-2H3,(H2,15,16). The number of halogens is 2. The lowest BCUT2D eigenvalue weighted by Gasteiger charge is -2.21. The summed E-state index contributed by atoms with van der Waals surface area (Å²) < 4.78 is 26.5. The second kappa shape index (κ2) is 6.12. The highest BCUT2D eigenvalue weighted by molar-refractivity contribution is 5.94.